The predicted molar refractivity (Wildman–Crippen MR) is 97.4 cm³/mol. The van der Waals surface area contributed by atoms with Crippen LogP contribution in [-0.4, -0.2) is 6.13 Å². The summed E-state index contributed by atoms with van der Waals surface area (Å²) in [5, 5.41) is 0. The van der Waals surface area contributed by atoms with Gasteiger partial charge in [-0.05, 0) is 70.8 Å². The van der Waals surface area contributed by atoms with Crippen molar-refractivity contribution in [1.82, 2.24) is 0 Å². The van der Waals surface area contributed by atoms with Crippen LogP contribution in [0.25, 0.3) is 0 Å². The first-order valence-electron chi connectivity index (χ1n) is 9.79. The Morgan fingerprint density at radius 3 is 1.36 bits per heavy atom. The van der Waals surface area contributed by atoms with E-state index < -0.39 is 0 Å². The largest absolute Gasteiger partial charge is 0.257 e. The number of rotatable bonds is 2. The predicted octanol–water partition coefficient (Wildman–Crippen LogP) is 6.36. The lowest BCUT2D eigenvalue weighted by molar-refractivity contribution is -0.106. The second kappa shape index (κ2) is 4.71. The highest BCUT2D eigenvalue weighted by Gasteiger charge is 2.62. The molecule has 6 aliphatic carbocycles. The maximum Gasteiger partial charge on any atom is 0.257 e. The van der Waals surface area contributed by atoms with Crippen LogP contribution in [0.4, 0.5) is 0 Å². The fourth-order valence-electron chi connectivity index (χ4n) is 7.54. The Bertz CT molecular complexity index is 428. The molecule has 0 nitrogen and oxygen atoms in total. The van der Waals surface area contributed by atoms with Gasteiger partial charge in [0.05, 0.1) is 0 Å². The summed E-state index contributed by atoms with van der Waals surface area (Å²) in [6, 6.07) is 0. The Morgan fingerprint density at radius 2 is 1.09 bits per heavy atom. The Kier molecular flexibility index (Phi) is 3.39. The Labute approximate surface area is 143 Å². The molecule has 0 aromatic heterocycles. The second-order valence-electron chi connectivity index (χ2n) is 10.7. The summed E-state index contributed by atoms with van der Waals surface area (Å²) in [5.41, 5.74) is 1.18. The van der Waals surface area contributed by atoms with Crippen LogP contribution in [0.15, 0.2) is 0 Å². The van der Waals surface area contributed by atoms with Crippen LogP contribution in [0.2, 0.25) is 11.6 Å². The van der Waals surface area contributed by atoms with Crippen molar-refractivity contribution in [2.24, 2.45) is 46.3 Å². The summed E-state index contributed by atoms with van der Waals surface area (Å²) in [6.45, 7) is 15.0. The molecule has 124 valence electrons. The van der Waals surface area contributed by atoms with Crippen molar-refractivity contribution >= 4 is 17.6 Å². The molecular formula is C20H34BCl. The Hall–Kier alpha value is 0.355. The van der Waals surface area contributed by atoms with E-state index in [1.54, 1.807) is 0 Å². The van der Waals surface area contributed by atoms with E-state index in [1.807, 2.05) is 0 Å². The third kappa shape index (κ3) is 1.84. The van der Waals surface area contributed by atoms with E-state index in [1.165, 1.54) is 25.7 Å². The van der Waals surface area contributed by atoms with E-state index in [9.17, 15) is 0 Å². The lowest BCUT2D eigenvalue weighted by Crippen LogP contribution is -2.58. The molecule has 22 heavy (non-hydrogen) atoms. The van der Waals surface area contributed by atoms with E-state index >= 15 is 0 Å². The SMILES string of the molecule is C[C@@H]1[C@H](B(Cl)[C@@H]2C[C@H]3C[C@@H]([C@@H]2C)C3(C)C)C[C@@H]2C[C@@H]1C2(C)C. The lowest BCUT2D eigenvalue weighted by Gasteiger charge is -2.65. The minimum atomic E-state index is 0.438. The summed E-state index contributed by atoms with van der Waals surface area (Å²) in [7, 11) is 0. The van der Waals surface area contributed by atoms with Gasteiger partial charge in [-0.2, -0.15) is 11.5 Å². The van der Waals surface area contributed by atoms with Crippen LogP contribution in [0.3, 0.4) is 0 Å². The van der Waals surface area contributed by atoms with Crippen LogP contribution < -0.4 is 0 Å². The molecule has 0 aliphatic heterocycles. The molecule has 8 atom stereocenters. The van der Waals surface area contributed by atoms with Gasteiger partial charge < -0.3 is 0 Å². The monoisotopic (exact) mass is 320 g/mol. The Balaban J connectivity index is 1.49. The van der Waals surface area contributed by atoms with Gasteiger partial charge in [-0.1, -0.05) is 54.4 Å². The minimum Gasteiger partial charge on any atom is -0.195 e. The first kappa shape index (κ1) is 15.9. The Morgan fingerprint density at radius 1 is 0.727 bits per heavy atom. The lowest BCUT2D eigenvalue weighted by atomic mass is 9.30. The van der Waals surface area contributed by atoms with Gasteiger partial charge in [-0.3, -0.25) is 0 Å². The van der Waals surface area contributed by atoms with Crippen molar-refractivity contribution in [3.05, 3.63) is 0 Å². The third-order valence-electron chi connectivity index (χ3n) is 9.64. The molecule has 6 fully saturated rings. The number of halogens is 1. The standard InChI is InChI=1S/C20H34BCl/c1-11-15-7-13(19(15,3)4)9-17(11)21(22)18-10-14-8-16(12(18)2)20(14,5)6/h11-18H,7-10H2,1-6H3/t11-,12-,13-,14+,15-,16-,17+,18+/m0/s1. The van der Waals surface area contributed by atoms with Gasteiger partial charge in [-0.15, -0.1) is 0 Å². The molecule has 0 N–H and O–H groups in total. The third-order valence-corrected chi connectivity index (χ3v) is 10.3. The fourth-order valence-corrected chi connectivity index (χ4v) is 8.20. The molecule has 2 heteroatoms. The van der Waals surface area contributed by atoms with Crippen molar-refractivity contribution < 1.29 is 0 Å². The average Bonchev–Trinajstić information content (AvgIpc) is 2.45. The number of hydrogen-bond acceptors (Lipinski definition) is 0. The highest BCUT2D eigenvalue weighted by Crippen LogP contribution is 2.69. The van der Waals surface area contributed by atoms with Crippen LogP contribution in [0, 0.1) is 46.3 Å². The van der Waals surface area contributed by atoms with E-state index in [0.717, 1.165) is 47.1 Å². The zero-order valence-corrected chi connectivity index (χ0v) is 16.2. The van der Waals surface area contributed by atoms with Crippen molar-refractivity contribution in [1.29, 1.82) is 0 Å². The van der Waals surface area contributed by atoms with Gasteiger partial charge >= 0.3 is 0 Å². The second-order valence-corrected chi connectivity index (χ2v) is 11.2. The highest BCUT2D eigenvalue weighted by atomic mass is 35.5. The van der Waals surface area contributed by atoms with Crippen LogP contribution in [-0.2, 0) is 0 Å². The van der Waals surface area contributed by atoms with Gasteiger partial charge in [0.15, 0.2) is 0 Å². The zero-order chi connectivity index (χ0) is 16.0. The van der Waals surface area contributed by atoms with Crippen molar-refractivity contribution in [3.63, 3.8) is 0 Å². The molecule has 0 aromatic rings. The molecular weight excluding hydrogens is 286 g/mol. The van der Waals surface area contributed by atoms with E-state index in [0.29, 0.717) is 17.0 Å². The fraction of sp³-hybridized carbons (Fsp3) is 1.00. The molecule has 0 aromatic carbocycles. The van der Waals surface area contributed by atoms with Crippen LogP contribution >= 0.6 is 11.5 Å². The molecule has 0 heterocycles. The quantitative estimate of drug-likeness (QED) is 0.519. The molecule has 4 bridgehead atoms. The first-order chi connectivity index (χ1) is 10.2. The van der Waals surface area contributed by atoms with Gasteiger partial charge in [0, 0.05) is 0 Å². The number of hydrogen-bond donors (Lipinski definition) is 0. The smallest absolute Gasteiger partial charge is 0.195 e. The summed E-state index contributed by atoms with van der Waals surface area (Å²) in [5.74, 6) is 7.00. The van der Waals surface area contributed by atoms with Crippen LogP contribution in [0.1, 0.15) is 67.2 Å². The maximum atomic E-state index is 7.19. The average molecular weight is 321 g/mol. The van der Waals surface area contributed by atoms with Gasteiger partial charge in [0.1, 0.15) is 0 Å². The maximum absolute atomic E-state index is 7.19. The van der Waals surface area contributed by atoms with E-state index in [-0.39, 0.29) is 0 Å². The molecule has 0 unspecified atom stereocenters. The van der Waals surface area contributed by atoms with Gasteiger partial charge in [-0.25, -0.2) is 0 Å². The van der Waals surface area contributed by atoms with Crippen LogP contribution in [0.5, 0.6) is 0 Å². The number of fused-ring (bicyclic) bond motifs is 4. The summed E-state index contributed by atoms with van der Waals surface area (Å²) >= 11 is 7.19. The van der Waals surface area contributed by atoms with E-state index in [4.69, 9.17) is 11.5 Å². The molecule has 0 spiro atoms. The molecule has 0 radical (unpaired) electrons. The van der Waals surface area contributed by atoms with E-state index in [2.05, 4.69) is 41.5 Å². The topological polar surface area (TPSA) is 0 Å². The normalized spacial score (nSPS) is 54.1. The first-order valence-corrected chi connectivity index (χ1v) is 10.2. The molecule has 0 amide bonds. The summed E-state index contributed by atoms with van der Waals surface area (Å²) < 4.78 is 0. The minimum absolute atomic E-state index is 0.438. The molecule has 6 saturated carbocycles. The molecule has 6 aliphatic rings. The van der Waals surface area contributed by atoms with Gasteiger partial charge in [0.2, 0.25) is 0 Å². The van der Waals surface area contributed by atoms with Crippen molar-refractivity contribution in [2.75, 3.05) is 0 Å². The van der Waals surface area contributed by atoms with Crippen molar-refractivity contribution in [3.8, 4) is 0 Å². The zero-order valence-electron chi connectivity index (χ0n) is 15.4. The molecule has 0 saturated heterocycles. The highest BCUT2D eigenvalue weighted by molar-refractivity contribution is 7.08. The van der Waals surface area contributed by atoms with Gasteiger partial charge in [0.25, 0.3) is 6.13 Å². The molecule has 6 rings (SSSR count). The summed E-state index contributed by atoms with van der Waals surface area (Å²) in [4.78, 5) is 0. The van der Waals surface area contributed by atoms with Crippen molar-refractivity contribution in [2.45, 2.75) is 78.9 Å². The summed E-state index contributed by atoms with van der Waals surface area (Å²) in [6.07, 6.45) is 6.20.